The minimum Gasteiger partial charge on any atom is -0.346 e. The minimum atomic E-state index is -0.103. The van der Waals surface area contributed by atoms with E-state index in [1.165, 1.54) is 0 Å². The Hall–Kier alpha value is -1.30. The summed E-state index contributed by atoms with van der Waals surface area (Å²) in [6, 6.07) is 2.25. The lowest BCUT2D eigenvalue weighted by Gasteiger charge is -2.01. The van der Waals surface area contributed by atoms with Gasteiger partial charge >= 0.3 is 0 Å². The van der Waals surface area contributed by atoms with Gasteiger partial charge in [0.2, 0.25) is 0 Å². The van der Waals surface area contributed by atoms with E-state index in [0.717, 1.165) is 42.9 Å². The van der Waals surface area contributed by atoms with E-state index >= 15 is 0 Å². The summed E-state index contributed by atoms with van der Waals surface area (Å²) in [6.07, 6.45) is 4.12. The third-order valence-corrected chi connectivity index (χ3v) is 2.45. The van der Waals surface area contributed by atoms with Crippen LogP contribution >= 0.6 is 0 Å². The molecule has 0 aromatic carbocycles. The van der Waals surface area contributed by atoms with Crippen molar-refractivity contribution in [2.75, 3.05) is 0 Å². The zero-order valence-electron chi connectivity index (χ0n) is 9.80. The first-order valence-electron chi connectivity index (χ1n) is 5.70. The summed E-state index contributed by atoms with van der Waals surface area (Å²) >= 11 is 0. The van der Waals surface area contributed by atoms with Gasteiger partial charge in [0.1, 0.15) is 5.82 Å². The van der Waals surface area contributed by atoms with E-state index in [-0.39, 0.29) is 5.92 Å². The Balaban J connectivity index is 2.95. The number of aromatic amines is 1. The van der Waals surface area contributed by atoms with Gasteiger partial charge in [-0.15, -0.1) is 0 Å². The Labute approximate surface area is 91.5 Å². The van der Waals surface area contributed by atoms with Gasteiger partial charge in [-0.05, 0) is 19.8 Å². The fourth-order valence-electron chi connectivity index (χ4n) is 1.69. The van der Waals surface area contributed by atoms with Gasteiger partial charge in [-0.3, -0.25) is 0 Å². The molecule has 0 amide bonds. The largest absolute Gasteiger partial charge is 0.346 e. The molecule has 1 atom stereocenters. The molecule has 1 N–H and O–H groups in total. The number of imidazole rings is 1. The molecular weight excluding hydrogens is 186 g/mol. The first kappa shape index (κ1) is 11.8. The molecule has 1 aromatic rings. The SMILES string of the molecule is CCCc1nc(C(C)C#N)c(CCC)[nH]1. The molecule has 0 aliphatic carbocycles. The lowest BCUT2D eigenvalue weighted by atomic mass is 10.1. The van der Waals surface area contributed by atoms with Gasteiger partial charge in [0.25, 0.3) is 0 Å². The number of hydrogen-bond donors (Lipinski definition) is 1. The number of hydrogen-bond acceptors (Lipinski definition) is 2. The number of nitrogens with one attached hydrogen (secondary N) is 1. The second-order valence-electron chi connectivity index (χ2n) is 3.90. The van der Waals surface area contributed by atoms with Gasteiger partial charge in [-0.1, -0.05) is 20.3 Å². The van der Waals surface area contributed by atoms with Crippen LogP contribution in [0.25, 0.3) is 0 Å². The number of nitriles is 1. The monoisotopic (exact) mass is 205 g/mol. The maximum Gasteiger partial charge on any atom is 0.106 e. The highest BCUT2D eigenvalue weighted by Crippen LogP contribution is 2.19. The average molecular weight is 205 g/mol. The molecule has 15 heavy (non-hydrogen) atoms. The van der Waals surface area contributed by atoms with Crippen molar-refractivity contribution in [2.45, 2.75) is 52.4 Å². The summed E-state index contributed by atoms with van der Waals surface area (Å²) in [4.78, 5) is 7.85. The van der Waals surface area contributed by atoms with Crippen molar-refractivity contribution in [1.29, 1.82) is 5.26 Å². The van der Waals surface area contributed by atoms with Crippen molar-refractivity contribution in [3.8, 4) is 6.07 Å². The molecular formula is C12H19N3. The first-order chi connectivity index (χ1) is 7.22. The molecule has 1 rings (SSSR count). The molecule has 0 aliphatic rings. The smallest absolute Gasteiger partial charge is 0.106 e. The fourth-order valence-corrected chi connectivity index (χ4v) is 1.69. The van der Waals surface area contributed by atoms with Crippen molar-refractivity contribution in [3.63, 3.8) is 0 Å². The van der Waals surface area contributed by atoms with E-state index in [2.05, 4.69) is 29.9 Å². The fraction of sp³-hybridized carbons (Fsp3) is 0.667. The number of nitrogens with zero attached hydrogens (tertiary/aromatic N) is 2. The third-order valence-electron chi connectivity index (χ3n) is 2.45. The van der Waals surface area contributed by atoms with Crippen LogP contribution in [0.2, 0.25) is 0 Å². The maximum atomic E-state index is 8.92. The Bertz CT molecular complexity index is 346. The zero-order valence-corrected chi connectivity index (χ0v) is 9.80. The van der Waals surface area contributed by atoms with Crippen molar-refractivity contribution < 1.29 is 0 Å². The predicted octanol–water partition coefficient (Wildman–Crippen LogP) is 2.94. The van der Waals surface area contributed by atoms with E-state index in [9.17, 15) is 0 Å². The molecule has 1 unspecified atom stereocenters. The van der Waals surface area contributed by atoms with Gasteiger partial charge in [-0.2, -0.15) is 5.26 Å². The highest BCUT2D eigenvalue weighted by Gasteiger charge is 2.14. The summed E-state index contributed by atoms with van der Waals surface area (Å²) < 4.78 is 0. The molecule has 0 bridgehead atoms. The second-order valence-corrected chi connectivity index (χ2v) is 3.90. The van der Waals surface area contributed by atoms with Crippen LogP contribution in [0.4, 0.5) is 0 Å². The highest BCUT2D eigenvalue weighted by atomic mass is 14.9. The molecule has 0 spiro atoms. The molecule has 1 aromatic heterocycles. The lowest BCUT2D eigenvalue weighted by molar-refractivity contribution is 0.836. The summed E-state index contributed by atoms with van der Waals surface area (Å²) in [5.74, 6) is 0.923. The minimum absolute atomic E-state index is 0.103. The number of aryl methyl sites for hydroxylation is 2. The average Bonchev–Trinajstić information content (AvgIpc) is 2.61. The summed E-state index contributed by atoms with van der Waals surface area (Å²) in [7, 11) is 0. The molecule has 0 saturated carbocycles. The normalized spacial score (nSPS) is 12.4. The zero-order chi connectivity index (χ0) is 11.3. The summed E-state index contributed by atoms with van der Waals surface area (Å²) in [6.45, 7) is 6.18. The van der Waals surface area contributed by atoms with Crippen LogP contribution in [-0.4, -0.2) is 9.97 Å². The Morgan fingerprint density at radius 1 is 1.33 bits per heavy atom. The van der Waals surface area contributed by atoms with Crippen LogP contribution in [0, 0.1) is 11.3 Å². The van der Waals surface area contributed by atoms with E-state index in [0.29, 0.717) is 0 Å². The number of rotatable bonds is 5. The van der Waals surface area contributed by atoms with Crippen LogP contribution in [0.15, 0.2) is 0 Å². The van der Waals surface area contributed by atoms with Gasteiger partial charge in [-0.25, -0.2) is 4.98 Å². The van der Waals surface area contributed by atoms with Crippen LogP contribution in [0.5, 0.6) is 0 Å². The van der Waals surface area contributed by atoms with Crippen LogP contribution in [-0.2, 0) is 12.8 Å². The molecule has 0 aliphatic heterocycles. The van der Waals surface area contributed by atoms with Crippen LogP contribution in [0.1, 0.15) is 56.7 Å². The molecule has 3 nitrogen and oxygen atoms in total. The lowest BCUT2D eigenvalue weighted by Crippen LogP contribution is -1.96. The van der Waals surface area contributed by atoms with Crippen LogP contribution < -0.4 is 0 Å². The molecule has 0 fully saturated rings. The van der Waals surface area contributed by atoms with Gasteiger partial charge in [0.15, 0.2) is 0 Å². The van der Waals surface area contributed by atoms with Gasteiger partial charge in [0.05, 0.1) is 17.7 Å². The summed E-state index contributed by atoms with van der Waals surface area (Å²) in [5, 5.41) is 8.92. The van der Waals surface area contributed by atoms with E-state index in [4.69, 9.17) is 5.26 Å². The molecule has 3 heteroatoms. The molecule has 0 saturated heterocycles. The standard InChI is InChI=1S/C12H19N3/c1-4-6-10-12(9(3)8-13)15-11(14-10)7-5-2/h9H,4-7H2,1-3H3,(H,14,15). The summed E-state index contributed by atoms with van der Waals surface area (Å²) in [5.41, 5.74) is 2.10. The van der Waals surface area contributed by atoms with Gasteiger partial charge in [0, 0.05) is 12.1 Å². The molecule has 0 radical (unpaired) electrons. The highest BCUT2D eigenvalue weighted by molar-refractivity contribution is 5.23. The van der Waals surface area contributed by atoms with Crippen molar-refractivity contribution in [2.24, 2.45) is 0 Å². The van der Waals surface area contributed by atoms with E-state index < -0.39 is 0 Å². The van der Waals surface area contributed by atoms with Crippen molar-refractivity contribution in [3.05, 3.63) is 17.2 Å². The topological polar surface area (TPSA) is 52.5 Å². The van der Waals surface area contributed by atoms with Gasteiger partial charge < -0.3 is 4.98 Å². The number of H-pyrrole nitrogens is 1. The Morgan fingerprint density at radius 3 is 2.53 bits per heavy atom. The second kappa shape index (κ2) is 5.55. The third kappa shape index (κ3) is 2.82. The van der Waals surface area contributed by atoms with E-state index in [1.54, 1.807) is 0 Å². The van der Waals surface area contributed by atoms with Crippen molar-refractivity contribution in [1.82, 2.24) is 9.97 Å². The first-order valence-corrected chi connectivity index (χ1v) is 5.70. The number of aromatic nitrogens is 2. The molecule has 82 valence electrons. The quantitative estimate of drug-likeness (QED) is 0.803. The Morgan fingerprint density at radius 2 is 2.00 bits per heavy atom. The van der Waals surface area contributed by atoms with E-state index in [1.807, 2.05) is 6.92 Å². The van der Waals surface area contributed by atoms with Crippen molar-refractivity contribution >= 4 is 0 Å². The predicted molar refractivity (Wildman–Crippen MR) is 60.6 cm³/mol. The van der Waals surface area contributed by atoms with Crippen LogP contribution in [0.3, 0.4) is 0 Å². The maximum absolute atomic E-state index is 8.92. The molecule has 1 heterocycles. The Kier molecular flexibility index (Phi) is 4.36.